The van der Waals surface area contributed by atoms with Gasteiger partial charge in [0.1, 0.15) is 6.04 Å². The van der Waals surface area contributed by atoms with Crippen LogP contribution < -0.4 is 11.1 Å². The number of carbonyl (C=O) groups is 2. The largest absolute Gasteiger partial charge is 0.354 e. The lowest BCUT2D eigenvalue weighted by atomic mass is 10.1. The van der Waals surface area contributed by atoms with Crippen LogP contribution in [0.25, 0.3) is 0 Å². The van der Waals surface area contributed by atoms with E-state index < -0.39 is 6.04 Å². The second-order valence-electron chi connectivity index (χ2n) is 5.35. The quantitative estimate of drug-likeness (QED) is 0.712. The fraction of sp³-hybridized carbons (Fsp3) is 0.529. The number of benzene rings is 1. The molecule has 2 amide bonds. The molecule has 0 aliphatic rings. The van der Waals surface area contributed by atoms with Gasteiger partial charge in [0, 0.05) is 26.1 Å². The van der Waals surface area contributed by atoms with E-state index in [9.17, 15) is 9.59 Å². The van der Waals surface area contributed by atoms with Gasteiger partial charge in [-0.05, 0) is 32.8 Å². The summed E-state index contributed by atoms with van der Waals surface area (Å²) >= 11 is 0. The van der Waals surface area contributed by atoms with Crippen molar-refractivity contribution in [2.24, 2.45) is 5.73 Å². The van der Waals surface area contributed by atoms with Gasteiger partial charge in [0.05, 0.1) is 0 Å². The Balaban J connectivity index is 0.00000484. The van der Waals surface area contributed by atoms with Crippen LogP contribution in [0.15, 0.2) is 24.3 Å². The number of hydrogen-bond donors (Lipinski definition) is 2. The lowest BCUT2D eigenvalue weighted by Gasteiger charge is -2.18. The summed E-state index contributed by atoms with van der Waals surface area (Å²) in [6.45, 7) is 7.82. The number of nitrogens with one attached hydrogen (secondary N) is 1. The van der Waals surface area contributed by atoms with Gasteiger partial charge in [0.25, 0.3) is 0 Å². The Morgan fingerprint density at radius 3 is 2.26 bits per heavy atom. The minimum absolute atomic E-state index is 0. The van der Waals surface area contributed by atoms with Crippen LogP contribution >= 0.6 is 12.4 Å². The summed E-state index contributed by atoms with van der Waals surface area (Å²) in [5.41, 5.74) is 7.86. The molecule has 23 heavy (non-hydrogen) atoms. The van der Waals surface area contributed by atoms with Crippen LogP contribution in [0, 0.1) is 6.92 Å². The molecule has 0 bridgehead atoms. The highest BCUT2D eigenvalue weighted by molar-refractivity contribution is 5.85. The van der Waals surface area contributed by atoms with Crippen LogP contribution in [-0.2, 0) is 9.59 Å². The van der Waals surface area contributed by atoms with Crippen molar-refractivity contribution in [2.75, 3.05) is 19.6 Å². The molecule has 0 fully saturated rings. The first-order valence-corrected chi connectivity index (χ1v) is 7.87. The summed E-state index contributed by atoms with van der Waals surface area (Å²) in [6, 6.07) is 6.93. The Bertz CT molecular complexity index is 487. The molecule has 0 aromatic heterocycles. The Hall–Kier alpha value is -1.59. The van der Waals surface area contributed by atoms with Crippen molar-refractivity contribution in [1.82, 2.24) is 10.2 Å². The average molecular weight is 342 g/mol. The number of aryl methyl sites for hydroxylation is 1. The standard InChI is InChI=1S/C17H27N3O2.ClH/c1-4-20(5-2)15(21)7-6-12-19-17(22)16(18)14-10-8-13(3)9-11-14;/h8-11,16H,4-7,12,18H2,1-3H3,(H,19,22);1H. The highest BCUT2D eigenvalue weighted by Gasteiger charge is 2.15. The van der Waals surface area contributed by atoms with E-state index in [2.05, 4.69) is 5.32 Å². The van der Waals surface area contributed by atoms with Gasteiger partial charge in [-0.1, -0.05) is 29.8 Å². The third-order valence-electron chi connectivity index (χ3n) is 3.70. The van der Waals surface area contributed by atoms with E-state index in [-0.39, 0.29) is 24.2 Å². The van der Waals surface area contributed by atoms with Crippen molar-refractivity contribution in [3.63, 3.8) is 0 Å². The zero-order chi connectivity index (χ0) is 16.5. The van der Waals surface area contributed by atoms with Gasteiger partial charge in [-0.15, -0.1) is 12.4 Å². The van der Waals surface area contributed by atoms with Crippen LogP contribution in [-0.4, -0.2) is 36.3 Å². The molecule has 0 radical (unpaired) electrons. The van der Waals surface area contributed by atoms with Gasteiger partial charge in [-0.2, -0.15) is 0 Å². The molecular formula is C17H28ClN3O2. The Labute approximate surface area is 145 Å². The second kappa shape index (κ2) is 11.0. The molecule has 1 unspecified atom stereocenters. The van der Waals surface area contributed by atoms with Crippen LogP contribution in [0.4, 0.5) is 0 Å². The maximum Gasteiger partial charge on any atom is 0.241 e. The summed E-state index contributed by atoms with van der Waals surface area (Å²) in [5, 5.41) is 2.79. The molecule has 0 saturated carbocycles. The minimum atomic E-state index is -0.668. The Kier molecular flexibility index (Phi) is 10.3. The summed E-state index contributed by atoms with van der Waals surface area (Å²) in [6.07, 6.45) is 1.07. The van der Waals surface area contributed by atoms with Crippen LogP contribution in [0.3, 0.4) is 0 Å². The normalized spacial score (nSPS) is 11.3. The minimum Gasteiger partial charge on any atom is -0.354 e. The van der Waals surface area contributed by atoms with Crippen molar-refractivity contribution in [1.29, 1.82) is 0 Å². The monoisotopic (exact) mass is 341 g/mol. The third kappa shape index (κ3) is 7.01. The van der Waals surface area contributed by atoms with Gasteiger partial charge >= 0.3 is 0 Å². The smallest absolute Gasteiger partial charge is 0.241 e. The first kappa shape index (κ1) is 21.4. The average Bonchev–Trinajstić information content (AvgIpc) is 2.52. The van der Waals surface area contributed by atoms with E-state index in [0.717, 1.165) is 24.2 Å². The number of hydrogen-bond acceptors (Lipinski definition) is 3. The van der Waals surface area contributed by atoms with Gasteiger partial charge in [-0.25, -0.2) is 0 Å². The number of rotatable bonds is 8. The van der Waals surface area contributed by atoms with E-state index in [4.69, 9.17) is 5.73 Å². The summed E-state index contributed by atoms with van der Waals surface area (Å²) in [7, 11) is 0. The zero-order valence-corrected chi connectivity index (χ0v) is 15.0. The summed E-state index contributed by atoms with van der Waals surface area (Å²) in [5.74, 6) is -0.0822. The second-order valence-corrected chi connectivity index (χ2v) is 5.35. The van der Waals surface area contributed by atoms with Gasteiger partial charge in [0.2, 0.25) is 11.8 Å². The van der Waals surface area contributed by atoms with Gasteiger partial charge in [-0.3, -0.25) is 9.59 Å². The Morgan fingerprint density at radius 1 is 1.17 bits per heavy atom. The fourth-order valence-electron chi connectivity index (χ4n) is 2.22. The highest BCUT2D eigenvalue weighted by Crippen LogP contribution is 2.11. The molecule has 0 saturated heterocycles. The van der Waals surface area contributed by atoms with Crippen molar-refractivity contribution >= 4 is 24.2 Å². The molecular weight excluding hydrogens is 314 g/mol. The van der Waals surface area contributed by atoms with Crippen LogP contribution in [0.5, 0.6) is 0 Å². The molecule has 1 rings (SSSR count). The lowest BCUT2D eigenvalue weighted by Crippen LogP contribution is -2.35. The van der Waals surface area contributed by atoms with E-state index in [1.165, 1.54) is 0 Å². The molecule has 1 aromatic carbocycles. The number of halogens is 1. The predicted molar refractivity (Wildman–Crippen MR) is 95.5 cm³/mol. The van der Waals surface area contributed by atoms with Crippen molar-refractivity contribution < 1.29 is 9.59 Å². The molecule has 0 aliphatic carbocycles. The molecule has 0 spiro atoms. The predicted octanol–water partition coefficient (Wildman–Crippen LogP) is 2.18. The zero-order valence-electron chi connectivity index (χ0n) is 14.2. The number of nitrogens with two attached hydrogens (primary N) is 1. The van der Waals surface area contributed by atoms with E-state index in [1.807, 2.05) is 45.0 Å². The van der Waals surface area contributed by atoms with Crippen LogP contribution in [0.2, 0.25) is 0 Å². The van der Waals surface area contributed by atoms with E-state index in [1.54, 1.807) is 4.90 Å². The number of nitrogens with zero attached hydrogens (tertiary/aromatic N) is 1. The third-order valence-corrected chi connectivity index (χ3v) is 3.70. The molecule has 0 heterocycles. The van der Waals surface area contributed by atoms with E-state index in [0.29, 0.717) is 19.4 Å². The topological polar surface area (TPSA) is 75.4 Å². The SMILES string of the molecule is CCN(CC)C(=O)CCCNC(=O)C(N)c1ccc(C)cc1.Cl. The summed E-state index contributed by atoms with van der Waals surface area (Å²) in [4.78, 5) is 25.6. The number of carbonyl (C=O) groups excluding carboxylic acids is 2. The Morgan fingerprint density at radius 2 is 1.74 bits per heavy atom. The molecule has 1 atom stereocenters. The van der Waals surface area contributed by atoms with Gasteiger partial charge < -0.3 is 16.0 Å². The number of amides is 2. The maximum atomic E-state index is 12.0. The van der Waals surface area contributed by atoms with Gasteiger partial charge in [0.15, 0.2) is 0 Å². The molecule has 5 nitrogen and oxygen atoms in total. The van der Waals surface area contributed by atoms with Crippen molar-refractivity contribution in [3.05, 3.63) is 35.4 Å². The highest BCUT2D eigenvalue weighted by atomic mass is 35.5. The van der Waals surface area contributed by atoms with Crippen LogP contribution in [0.1, 0.15) is 43.9 Å². The summed E-state index contributed by atoms with van der Waals surface area (Å²) < 4.78 is 0. The first-order chi connectivity index (χ1) is 10.5. The molecule has 130 valence electrons. The first-order valence-electron chi connectivity index (χ1n) is 7.87. The van der Waals surface area contributed by atoms with E-state index >= 15 is 0 Å². The van der Waals surface area contributed by atoms with Crippen molar-refractivity contribution in [3.8, 4) is 0 Å². The molecule has 0 aliphatic heterocycles. The maximum absolute atomic E-state index is 12.0. The molecule has 6 heteroatoms. The fourth-order valence-corrected chi connectivity index (χ4v) is 2.22. The van der Waals surface area contributed by atoms with Crippen molar-refractivity contribution in [2.45, 2.75) is 39.7 Å². The molecule has 3 N–H and O–H groups in total. The molecule has 1 aromatic rings. The lowest BCUT2D eigenvalue weighted by molar-refractivity contribution is -0.131.